The Bertz CT molecular complexity index is 421. The van der Waals surface area contributed by atoms with E-state index in [4.69, 9.17) is 0 Å². The summed E-state index contributed by atoms with van der Waals surface area (Å²) in [4.78, 5) is 4.52. The van der Waals surface area contributed by atoms with Gasteiger partial charge in [0.15, 0.2) is 0 Å². The van der Waals surface area contributed by atoms with Crippen LogP contribution in [-0.2, 0) is 12.8 Å². The van der Waals surface area contributed by atoms with Crippen molar-refractivity contribution >= 4 is 11.5 Å². The highest BCUT2D eigenvalue weighted by Gasteiger charge is 2.11. The second kappa shape index (κ2) is 4.28. The molecular weight excluding hydrogens is 196 g/mol. The summed E-state index contributed by atoms with van der Waals surface area (Å²) < 4.78 is 0. The molecule has 0 saturated carbocycles. The third kappa shape index (κ3) is 1.97. The molecular formula is C14H18N2. The van der Waals surface area contributed by atoms with Crippen molar-refractivity contribution in [1.29, 1.82) is 0 Å². The standard InChI is InChI=1S/C14H18N2/c1-2-9-15-14(6-1)16-13-8-7-11-4-3-5-12(11)10-13/h7-8,10H,1-6,9H2,(H,15,16). The summed E-state index contributed by atoms with van der Waals surface area (Å²) in [5.41, 5.74) is 4.29. The van der Waals surface area contributed by atoms with E-state index in [1.807, 2.05) is 0 Å². The lowest BCUT2D eigenvalue weighted by Gasteiger charge is -2.14. The lowest BCUT2D eigenvalue weighted by molar-refractivity contribution is 0.737. The van der Waals surface area contributed by atoms with E-state index in [2.05, 4.69) is 28.5 Å². The summed E-state index contributed by atoms with van der Waals surface area (Å²) >= 11 is 0. The molecule has 0 aromatic heterocycles. The van der Waals surface area contributed by atoms with Crippen LogP contribution in [0.3, 0.4) is 0 Å². The van der Waals surface area contributed by atoms with Gasteiger partial charge >= 0.3 is 0 Å². The van der Waals surface area contributed by atoms with E-state index in [-0.39, 0.29) is 0 Å². The molecule has 1 heterocycles. The number of rotatable bonds is 1. The van der Waals surface area contributed by atoms with Crippen molar-refractivity contribution in [2.45, 2.75) is 38.5 Å². The molecule has 0 spiro atoms. The second-order valence-electron chi connectivity index (χ2n) is 4.75. The highest BCUT2D eigenvalue weighted by Crippen LogP contribution is 2.25. The first kappa shape index (κ1) is 9.88. The van der Waals surface area contributed by atoms with Gasteiger partial charge in [0.05, 0.1) is 0 Å². The first-order valence-corrected chi connectivity index (χ1v) is 6.34. The highest BCUT2D eigenvalue weighted by atomic mass is 15.0. The average Bonchev–Trinajstić information content (AvgIpc) is 2.77. The van der Waals surface area contributed by atoms with Crippen molar-refractivity contribution in [1.82, 2.24) is 0 Å². The number of fused-ring (bicyclic) bond motifs is 1. The van der Waals surface area contributed by atoms with Crippen molar-refractivity contribution in [3.8, 4) is 0 Å². The van der Waals surface area contributed by atoms with Crippen molar-refractivity contribution < 1.29 is 0 Å². The van der Waals surface area contributed by atoms with E-state index in [0.29, 0.717) is 0 Å². The third-order valence-corrected chi connectivity index (χ3v) is 3.51. The molecule has 16 heavy (non-hydrogen) atoms. The largest absolute Gasteiger partial charge is 0.344 e. The topological polar surface area (TPSA) is 24.4 Å². The van der Waals surface area contributed by atoms with Gasteiger partial charge in [0.1, 0.15) is 5.84 Å². The molecule has 0 atom stereocenters. The van der Waals surface area contributed by atoms with Crippen LogP contribution in [0.5, 0.6) is 0 Å². The van der Waals surface area contributed by atoms with E-state index in [9.17, 15) is 0 Å². The van der Waals surface area contributed by atoms with Crippen LogP contribution < -0.4 is 5.32 Å². The van der Waals surface area contributed by atoms with Crippen molar-refractivity contribution in [3.63, 3.8) is 0 Å². The van der Waals surface area contributed by atoms with Crippen LogP contribution in [0.25, 0.3) is 0 Å². The molecule has 2 heteroatoms. The Labute approximate surface area is 96.8 Å². The number of anilines is 1. The molecule has 0 fully saturated rings. The minimum absolute atomic E-state index is 0.993. The lowest BCUT2D eigenvalue weighted by atomic mass is 10.1. The fourth-order valence-corrected chi connectivity index (χ4v) is 2.62. The van der Waals surface area contributed by atoms with Crippen molar-refractivity contribution in [2.75, 3.05) is 11.9 Å². The molecule has 1 aromatic carbocycles. The molecule has 1 N–H and O–H groups in total. The van der Waals surface area contributed by atoms with Gasteiger partial charge in [-0.05, 0) is 55.4 Å². The number of benzene rings is 1. The van der Waals surface area contributed by atoms with Gasteiger partial charge in [-0.15, -0.1) is 0 Å². The monoisotopic (exact) mass is 214 g/mol. The Balaban J connectivity index is 1.77. The molecule has 0 bridgehead atoms. The van der Waals surface area contributed by atoms with Gasteiger partial charge in [-0.3, -0.25) is 4.99 Å². The zero-order valence-electron chi connectivity index (χ0n) is 9.63. The predicted octanol–water partition coefficient (Wildman–Crippen LogP) is 3.17. The number of hydrogen-bond donors (Lipinski definition) is 1. The van der Waals surface area contributed by atoms with E-state index >= 15 is 0 Å². The summed E-state index contributed by atoms with van der Waals surface area (Å²) in [6.07, 6.45) is 7.46. The molecule has 1 aliphatic heterocycles. The van der Waals surface area contributed by atoms with Crippen LogP contribution in [0.4, 0.5) is 5.69 Å². The van der Waals surface area contributed by atoms with E-state index in [1.165, 1.54) is 54.8 Å². The zero-order chi connectivity index (χ0) is 10.8. The van der Waals surface area contributed by atoms with E-state index in [0.717, 1.165) is 13.0 Å². The van der Waals surface area contributed by atoms with Gasteiger partial charge in [-0.1, -0.05) is 6.07 Å². The van der Waals surface area contributed by atoms with Crippen LogP contribution >= 0.6 is 0 Å². The Morgan fingerprint density at radius 1 is 0.938 bits per heavy atom. The summed E-state index contributed by atoms with van der Waals surface area (Å²) in [5, 5.41) is 3.46. The second-order valence-corrected chi connectivity index (χ2v) is 4.75. The minimum Gasteiger partial charge on any atom is -0.344 e. The van der Waals surface area contributed by atoms with Crippen LogP contribution in [-0.4, -0.2) is 12.4 Å². The van der Waals surface area contributed by atoms with Crippen molar-refractivity contribution in [2.24, 2.45) is 4.99 Å². The molecule has 2 aliphatic rings. The van der Waals surface area contributed by atoms with Gasteiger partial charge < -0.3 is 5.32 Å². The minimum atomic E-state index is 0.993. The normalized spacial score (nSPS) is 19.1. The summed E-state index contributed by atoms with van der Waals surface area (Å²) in [6.45, 7) is 0.993. The van der Waals surface area contributed by atoms with Crippen LogP contribution in [0.15, 0.2) is 23.2 Å². The van der Waals surface area contributed by atoms with Crippen molar-refractivity contribution in [3.05, 3.63) is 29.3 Å². The van der Waals surface area contributed by atoms with Gasteiger partial charge in [0, 0.05) is 18.7 Å². The third-order valence-electron chi connectivity index (χ3n) is 3.51. The number of amidine groups is 1. The Kier molecular flexibility index (Phi) is 2.65. The molecule has 3 rings (SSSR count). The van der Waals surface area contributed by atoms with Crippen LogP contribution in [0.2, 0.25) is 0 Å². The summed E-state index contributed by atoms with van der Waals surface area (Å²) in [7, 11) is 0. The molecule has 0 radical (unpaired) electrons. The molecule has 2 nitrogen and oxygen atoms in total. The summed E-state index contributed by atoms with van der Waals surface area (Å²) in [6, 6.07) is 6.77. The Morgan fingerprint density at radius 2 is 1.88 bits per heavy atom. The quantitative estimate of drug-likeness (QED) is 0.763. The number of aryl methyl sites for hydroxylation is 2. The maximum Gasteiger partial charge on any atom is 0.101 e. The van der Waals surface area contributed by atoms with Gasteiger partial charge in [-0.2, -0.15) is 0 Å². The Hall–Kier alpha value is -1.31. The molecule has 0 saturated heterocycles. The first-order valence-electron chi connectivity index (χ1n) is 6.34. The maximum atomic E-state index is 4.52. The fraction of sp³-hybridized carbons (Fsp3) is 0.500. The van der Waals surface area contributed by atoms with Gasteiger partial charge in [0.2, 0.25) is 0 Å². The number of aliphatic imine (C=N–C) groups is 1. The highest BCUT2D eigenvalue weighted by molar-refractivity contribution is 5.95. The summed E-state index contributed by atoms with van der Waals surface area (Å²) in [5.74, 6) is 1.17. The Morgan fingerprint density at radius 3 is 2.75 bits per heavy atom. The van der Waals surface area contributed by atoms with Crippen LogP contribution in [0.1, 0.15) is 36.8 Å². The maximum absolute atomic E-state index is 4.52. The fourth-order valence-electron chi connectivity index (χ4n) is 2.62. The van der Waals surface area contributed by atoms with Gasteiger partial charge in [-0.25, -0.2) is 0 Å². The molecule has 0 unspecified atom stereocenters. The molecule has 1 aliphatic carbocycles. The van der Waals surface area contributed by atoms with Gasteiger partial charge in [0.25, 0.3) is 0 Å². The lowest BCUT2D eigenvalue weighted by Crippen LogP contribution is -2.16. The van der Waals surface area contributed by atoms with Crippen LogP contribution in [0, 0.1) is 0 Å². The molecule has 84 valence electrons. The average molecular weight is 214 g/mol. The molecule has 1 aromatic rings. The van der Waals surface area contributed by atoms with E-state index in [1.54, 1.807) is 0 Å². The first-order chi connectivity index (χ1) is 7.92. The molecule has 0 amide bonds. The van der Waals surface area contributed by atoms with E-state index < -0.39 is 0 Å². The SMILES string of the molecule is c1cc2c(cc1NC1=NCCCC1)CCC2. The number of nitrogens with zero attached hydrogens (tertiary/aromatic N) is 1. The number of nitrogens with one attached hydrogen (secondary N) is 1. The zero-order valence-corrected chi connectivity index (χ0v) is 9.63. The predicted molar refractivity (Wildman–Crippen MR) is 68.2 cm³/mol. The smallest absolute Gasteiger partial charge is 0.101 e. The number of hydrogen-bond acceptors (Lipinski definition) is 2.